The Labute approximate surface area is 59.2 Å². The fraction of sp³-hybridized carbons (Fsp3) is 0.750. The topological polar surface area (TPSA) is 38.3 Å². The van der Waals surface area contributed by atoms with Crippen molar-refractivity contribution < 1.29 is 9.53 Å². The molecule has 0 aliphatic carbocycles. The van der Waals surface area contributed by atoms with E-state index in [9.17, 15) is 4.79 Å². The van der Waals surface area contributed by atoms with Gasteiger partial charge in [-0.2, -0.15) is 0 Å². The maximum absolute atomic E-state index is 10.2. The van der Waals surface area contributed by atoms with Gasteiger partial charge in [0, 0.05) is 14.2 Å². The van der Waals surface area contributed by atoms with Crippen LogP contribution in [0.3, 0.4) is 0 Å². The summed E-state index contributed by atoms with van der Waals surface area (Å²) in [6, 6.07) is 0. The summed E-state index contributed by atoms with van der Waals surface area (Å²) in [5, 5.41) is 2.40. The van der Waals surface area contributed by atoms with Gasteiger partial charge in [-0.25, -0.2) is 0 Å². The maximum atomic E-state index is 10.2. The van der Waals surface area contributed by atoms with E-state index in [2.05, 4.69) is 10.1 Å². The molecule has 0 aromatic rings. The summed E-state index contributed by atoms with van der Waals surface area (Å²) in [5.41, 5.74) is 0. The quantitative estimate of drug-likeness (QED) is 0.653. The van der Waals surface area contributed by atoms with Crippen molar-refractivity contribution in [3.05, 3.63) is 0 Å². The molecule has 8 heavy (non-hydrogen) atoms. The second-order valence-electron chi connectivity index (χ2n) is 1.11. The third-order valence-electron chi connectivity index (χ3n) is 0.554. The molecule has 50 valence electrons. The highest BCUT2D eigenvalue weighted by Gasteiger charge is 1.90. The van der Waals surface area contributed by atoms with Crippen LogP contribution in [0.15, 0.2) is 0 Å². The second-order valence-corrected chi connectivity index (χ2v) is 1.11. The predicted molar refractivity (Wildman–Crippen MR) is 36.3 cm³/mol. The third kappa shape index (κ3) is 5.91. The van der Waals surface area contributed by atoms with Crippen molar-refractivity contribution in [1.29, 1.82) is 0 Å². The summed E-state index contributed by atoms with van der Waals surface area (Å²) in [6.07, 6.45) is 0. The summed E-state index contributed by atoms with van der Waals surface area (Å²) in [7, 11) is 3.05. The summed E-state index contributed by atoms with van der Waals surface area (Å²) >= 11 is 0. The lowest BCUT2D eigenvalue weighted by atomic mass is 10.7. The van der Waals surface area contributed by atoms with Crippen LogP contribution in [0.1, 0.15) is 0 Å². The van der Waals surface area contributed by atoms with Crippen molar-refractivity contribution in [1.82, 2.24) is 5.32 Å². The van der Waals surface area contributed by atoms with Gasteiger partial charge in [0.05, 0.1) is 0 Å². The average Bonchev–Trinajstić information content (AvgIpc) is 1.68. The molecule has 3 nitrogen and oxygen atoms in total. The van der Waals surface area contributed by atoms with Gasteiger partial charge in [0.15, 0.2) is 0 Å². The predicted octanol–water partition coefficient (Wildman–Crippen LogP) is -0.0433. The van der Waals surface area contributed by atoms with Crippen molar-refractivity contribution >= 4 is 22.9 Å². The van der Waals surface area contributed by atoms with E-state index in [1.54, 1.807) is 7.05 Å². The first-order valence-corrected chi connectivity index (χ1v) is 2.00. The summed E-state index contributed by atoms with van der Waals surface area (Å²) in [6.45, 7) is 0.149. The molecule has 0 spiro atoms. The van der Waals surface area contributed by atoms with Crippen molar-refractivity contribution in [3.63, 3.8) is 0 Å². The van der Waals surface area contributed by atoms with Gasteiger partial charge in [0.1, 0.15) is 6.61 Å². The van der Waals surface area contributed by atoms with Gasteiger partial charge < -0.3 is 10.1 Å². The van der Waals surface area contributed by atoms with Crippen LogP contribution in [-0.2, 0) is 9.53 Å². The molecule has 1 amide bonds. The first kappa shape index (κ1) is 10.8. The molecule has 1 N–H and O–H groups in total. The highest BCUT2D eigenvalue weighted by molar-refractivity contribution is 8.93. The third-order valence-corrected chi connectivity index (χ3v) is 0.554. The fourth-order valence-corrected chi connectivity index (χ4v) is 0.203. The van der Waals surface area contributed by atoms with Crippen LogP contribution in [0.2, 0.25) is 0 Å². The lowest BCUT2D eigenvalue weighted by Gasteiger charge is -1.92. The van der Waals surface area contributed by atoms with Gasteiger partial charge in [-0.15, -0.1) is 17.0 Å². The Bertz CT molecular complexity index is 67.1. The Hall–Kier alpha value is -0.0900. The molecule has 0 aromatic heterocycles. The normalized spacial score (nSPS) is 7.25. The van der Waals surface area contributed by atoms with Gasteiger partial charge in [0.2, 0.25) is 5.91 Å². The zero-order valence-corrected chi connectivity index (χ0v) is 6.64. The summed E-state index contributed by atoms with van der Waals surface area (Å²) in [4.78, 5) is 10.2. The molecule has 0 heterocycles. The number of methoxy groups -OCH3 is 1. The molecule has 0 fully saturated rings. The maximum Gasteiger partial charge on any atom is 0.245 e. The van der Waals surface area contributed by atoms with E-state index in [0.717, 1.165) is 0 Å². The van der Waals surface area contributed by atoms with E-state index in [0.29, 0.717) is 0 Å². The first-order valence-electron chi connectivity index (χ1n) is 2.00. The van der Waals surface area contributed by atoms with E-state index in [-0.39, 0.29) is 29.5 Å². The lowest BCUT2D eigenvalue weighted by molar-refractivity contribution is -0.124. The van der Waals surface area contributed by atoms with Gasteiger partial charge in [-0.3, -0.25) is 4.79 Å². The number of nitrogens with one attached hydrogen (secondary N) is 1. The molecule has 0 saturated carbocycles. The number of hydrogen-bond donors (Lipinski definition) is 1. The van der Waals surface area contributed by atoms with Gasteiger partial charge in [-0.05, 0) is 0 Å². The van der Waals surface area contributed by atoms with Gasteiger partial charge in [0.25, 0.3) is 0 Å². The Morgan fingerprint density at radius 2 is 2.25 bits per heavy atom. The molecular formula is C4H10BrNO2. The number of hydrogen-bond acceptors (Lipinski definition) is 2. The van der Waals surface area contributed by atoms with Crippen LogP contribution in [0.4, 0.5) is 0 Å². The highest BCUT2D eigenvalue weighted by Crippen LogP contribution is 1.62. The Morgan fingerprint density at radius 3 is 2.38 bits per heavy atom. The number of amides is 1. The summed E-state index contributed by atoms with van der Waals surface area (Å²) in [5.74, 6) is -0.0949. The van der Waals surface area contributed by atoms with Crippen LogP contribution in [-0.4, -0.2) is 26.7 Å². The number of likely N-dealkylation sites (N-methyl/N-ethyl adjacent to an activating group) is 1. The lowest BCUT2D eigenvalue weighted by Crippen LogP contribution is -2.22. The number of rotatable bonds is 2. The van der Waals surface area contributed by atoms with Crippen molar-refractivity contribution in [2.45, 2.75) is 0 Å². The van der Waals surface area contributed by atoms with E-state index in [1.807, 2.05) is 0 Å². The van der Waals surface area contributed by atoms with Crippen LogP contribution < -0.4 is 5.32 Å². The SMILES string of the molecule is Br.CNC(=O)COC. The van der Waals surface area contributed by atoms with Gasteiger partial charge >= 0.3 is 0 Å². The molecule has 0 atom stereocenters. The minimum absolute atomic E-state index is 0. The molecule has 0 aromatic carbocycles. The van der Waals surface area contributed by atoms with E-state index < -0.39 is 0 Å². The van der Waals surface area contributed by atoms with E-state index in [4.69, 9.17) is 0 Å². The highest BCUT2D eigenvalue weighted by atomic mass is 79.9. The van der Waals surface area contributed by atoms with Crippen molar-refractivity contribution in [2.75, 3.05) is 20.8 Å². The van der Waals surface area contributed by atoms with Crippen LogP contribution in [0.5, 0.6) is 0 Å². The molecule has 4 heteroatoms. The molecule has 0 bridgehead atoms. The molecular weight excluding hydrogens is 174 g/mol. The summed E-state index contributed by atoms with van der Waals surface area (Å²) < 4.78 is 4.48. The smallest absolute Gasteiger partial charge is 0.245 e. The van der Waals surface area contributed by atoms with Crippen LogP contribution in [0.25, 0.3) is 0 Å². The Balaban J connectivity index is 0. The van der Waals surface area contributed by atoms with E-state index >= 15 is 0 Å². The molecule has 0 unspecified atom stereocenters. The number of halogens is 1. The number of ether oxygens (including phenoxy) is 1. The molecule has 0 aliphatic heterocycles. The van der Waals surface area contributed by atoms with E-state index in [1.165, 1.54) is 7.11 Å². The monoisotopic (exact) mass is 183 g/mol. The fourth-order valence-electron chi connectivity index (χ4n) is 0.203. The van der Waals surface area contributed by atoms with Gasteiger partial charge in [-0.1, -0.05) is 0 Å². The largest absolute Gasteiger partial charge is 0.375 e. The molecule has 0 rings (SSSR count). The molecule has 0 saturated heterocycles. The average molecular weight is 184 g/mol. The molecule has 0 radical (unpaired) electrons. The molecule has 0 aliphatic rings. The Kier molecular flexibility index (Phi) is 9.34. The zero-order valence-electron chi connectivity index (χ0n) is 4.93. The minimum atomic E-state index is -0.0949. The minimum Gasteiger partial charge on any atom is -0.375 e. The Morgan fingerprint density at radius 1 is 1.75 bits per heavy atom. The van der Waals surface area contributed by atoms with Crippen LogP contribution in [0, 0.1) is 0 Å². The standard InChI is InChI=1S/C4H9NO2.BrH/c1-5-4(6)3-7-2;/h3H2,1-2H3,(H,5,6);1H. The van der Waals surface area contributed by atoms with Crippen LogP contribution >= 0.6 is 17.0 Å². The van der Waals surface area contributed by atoms with Crippen molar-refractivity contribution in [2.24, 2.45) is 0 Å². The van der Waals surface area contributed by atoms with Crippen molar-refractivity contribution in [3.8, 4) is 0 Å². The number of carbonyl (C=O) groups excluding carboxylic acids is 1. The second kappa shape index (κ2) is 6.91. The first-order chi connectivity index (χ1) is 3.31. The zero-order chi connectivity index (χ0) is 5.70. The number of carbonyl (C=O) groups is 1.